The molecule has 2 saturated carbocycles. The Bertz CT molecular complexity index is 428. The molecule has 5 heteroatoms. The standard InChI is InChI=1S/C15H22N2O3/c1-2-3-11-13(18)16-15(20)17(14(11)19)8-12(9-4-5-9)10-6-7-10/h9-12H,2-8H2,1H3,(H,16,18,20). The zero-order valence-corrected chi connectivity index (χ0v) is 11.9. The zero-order valence-electron chi connectivity index (χ0n) is 11.9. The number of hydrogen-bond donors (Lipinski definition) is 1. The molecule has 3 aliphatic rings. The molecule has 20 heavy (non-hydrogen) atoms. The van der Waals surface area contributed by atoms with Crippen LogP contribution in [0.2, 0.25) is 0 Å². The molecule has 3 rings (SSSR count). The van der Waals surface area contributed by atoms with Crippen LogP contribution in [0, 0.1) is 23.7 Å². The second-order valence-electron chi connectivity index (χ2n) is 6.42. The van der Waals surface area contributed by atoms with Gasteiger partial charge in [0.25, 0.3) is 0 Å². The van der Waals surface area contributed by atoms with E-state index in [4.69, 9.17) is 0 Å². The van der Waals surface area contributed by atoms with Gasteiger partial charge in [0.05, 0.1) is 0 Å². The van der Waals surface area contributed by atoms with Crippen molar-refractivity contribution in [2.45, 2.75) is 45.4 Å². The van der Waals surface area contributed by atoms with Gasteiger partial charge in [-0.3, -0.25) is 19.8 Å². The average Bonchev–Trinajstić information content (AvgIpc) is 3.26. The van der Waals surface area contributed by atoms with E-state index in [1.165, 1.54) is 30.6 Å². The van der Waals surface area contributed by atoms with Gasteiger partial charge in [0.1, 0.15) is 5.92 Å². The molecule has 1 saturated heterocycles. The van der Waals surface area contributed by atoms with Crippen LogP contribution in [0.3, 0.4) is 0 Å². The van der Waals surface area contributed by atoms with Gasteiger partial charge in [-0.2, -0.15) is 0 Å². The lowest BCUT2D eigenvalue weighted by atomic mass is 9.94. The van der Waals surface area contributed by atoms with Crippen LogP contribution in [0.25, 0.3) is 0 Å². The molecule has 1 aliphatic heterocycles. The van der Waals surface area contributed by atoms with Crippen LogP contribution in [0.1, 0.15) is 45.4 Å². The van der Waals surface area contributed by atoms with Gasteiger partial charge in [-0.25, -0.2) is 4.79 Å². The van der Waals surface area contributed by atoms with E-state index in [-0.39, 0.29) is 5.91 Å². The summed E-state index contributed by atoms with van der Waals surface area (Å²) in [6.07, 6.45) is 6.18. The molecule has 0 aromatic rings. The molecule has 1 unspecified atom stereocenters. The number of imide groups is 2. The van der Waals surface area contributed by atoms with Crippen LogP contribution < -0.4 is 5.32 Å². The molecule has 0 radical (unpaired) electrons. The van der Waals surface area contributed by atoms with Gasteiger partial charge in [-0.1, -0.05) is 13.3 Å². The molecule has 1 N–H and O–H groups in total. The predicted octanol–water partition coefficient (Wildman–Crippen LogP) is 1.92. The lowest BCUT2D eigenvalue weighted by Gasteiger charge is -2.32. The largest absolute Gasteiger partial charge is 0.330 e. The number of rotatable bonds is 6. The maximum Gasteiger partial charge on any atom is 0.330 e. The monoisotopic (exact) mass is 278 g/mol. The van der Waals surface area contributed by atoms with Gasteiger partial charge in [0.2, 0.25) is 11.8 Å². The molecule has 5 nitrogen and oxygen atoms in total. The van der Waals surface area contributed by atoms with Gasteiger partial charge in [-0.15, -0.1) is 0 Å². The van der Waals surface area contributed by atoms with E-state index in [1.54, 1.807) is 0 Å². The Kier molecular flexibility index (Phi) is 3.52. The van der Waals surface area contributed by atoms with Gasteiger partial charge in [-0.05, 0) is 49.9 Å². The fourth-order valence-electron chi connectivity index (χ4n) is 3.32. The van der Waals surface area contributed by atoms with Crippen molar-refractivity contribution < 1.29 is 14.4 Å². The molecule has 0 aromatic carbocycles. The summed E-state index contributed by atoms with van der Waals surface area (Å²) >= 11 is 0. The highest BCUT2D eigenvalue weighted by Crippen LogP contribution is 2.49. The van der Waals surface area contributed by atoms with Crippen LogP contribution in [0.5, 0.6) is 0 Å². The van der Waals surface area contributed by atoms with E-state index >= 15 is 0 Å². The van der Waals surface area contributed by atoms with E-state index < -0.39 is 17.9 Å². The molecular weight excluding hydrogens is 256 g/mol. The molecule has 1 atom stereocenters. The number of nitrogens with zero attached hydrogens (tertiary/aromatic N) is 1. The van der Waals surface area contributed by atoms with Crippen molar-refractivity contribution in [2.24, 2.45) is 23.7 Å². The summed E-state index contributed by atoms with van der Waals surface area (Å²) in [6, 6.07) is -0.515. The predicted molar refractivity (Wildman–Crippen MR) is 72.6 cm³/mol. The average molecular weight is 278 g/mol. The molecule has 0 bridgehead atoms. The van der Waals surface area contributed by atoms with Crippen molar-refractivity contribution in [2.75, 3.05) is 6.54 Å². The zero-order chi connectivity index (χ0) is 14.3. The minimum absolute atomic E-state index is 0.285. The number of nitrogens with one attached hydrogen (secondary N) is 1. The lowest BCUT2D eigenvalue weighted by Crippen LogP contribution is -2.59. The summed E-state index contributed by atoms with van der Waals surface area (Å²) in [5, 5.41) is 2.35. The van der Waals surface area contributed by atoms with Gasteiger partial charge >= 0.3 is 6.03 Å². The third kappa shape index (κ3) is 2.58. The SMILES string of the molecule is CCCC1C(=O)NC(=O)N(CC(C2CC2)C2CC2)C1=O. The van der Waals surface area contributed by atoms with E-state index in [1.807, 2.05) is 6.92 Å². The summed E-state index contributed by atoms with van der Waals surface area (Å²) in [4.78, 5) is 37.4. The minimum atomic E-state index is -0.670. The maximum absolute atomic E-state index is 12.4. The Hall–Kier alpha value is -1.39. The highest BCUT2D eigenvalue weighted by atomic mass is 16.2. The summed E-state index contributed by atoms with van der Waals surface area (Å²) in [7, 11) is 0. The quantitative estimate of drug-likeness (QED) is 0.755. The van der Waals surface area contributed by atoms with E-state index in [2.05, 4.69) is 5.32 Å². The maximum atomic E-state index is 12.4. The molecular formula is C15H22N2O3. The highest BCUT2D eigenvalue weighted by Gasteiger charge is 2.46. The topological polar surface area (TPSA) is 66.5 Å². The van der Waals surface area contributed by atoms with Gasteiger partial charge in [0, 0.05) is 6.54 Å². The molecule has 4 amide bonds. The Morgan fingerprint density at radius 3 is 2.25 bits per heavy atom. The Labute approximate surface area is 119 Å². The van der Waals surface area contributed by atoms with Crippen molar-refractivity contribution in [3.63, 3.8) is 0 Å². The summed E-state index contributed by atoms with van der Waals surface area (Å²) in [5.74, 6) is 0.451. The van der Waals surface area contributed by atoms with Crippen LogP contribution in [0.15, 0.2) is 0 Å². The number of hydrogen-bond acceptors (Lipinski definition) is 3. The summed E-state index contributed by atoms with van der Waals surface area (Å²) in [6.45, 7) is 2.45. The Morgan fingerprint density at radius 2 is 1.75 bits per heavy atom. The summed E-state index contributed by atoms with van der Waals surface area (Å²) < 4.78 is 0. The number of amides is 4. The fraction of sp³-hybridized carbons (Fsp3) is 0.800. The first-order valence-corrected chi connectivity index (χ1v) is 7.78. The second kappa shape index (κ2) is 5.19. The molecule has 2 aliphatic carbocycles. The number of carbonyl (C=O) groups is 3. The van der Waals surface area contributed by atoms with Crippen LogP contribution >= 0.6 is 0 Å². The first-order chi connectivity index (χ1) is 9.61. The first kappa shape index (κ1) is 13.6. The molecule has 0 spiro atoms. The van der Waals surface area contributed by atoms with Crippen LogP contribution in [0.4, 0.5) is 4.79 Å². The van der Waals surface area contributed by atoms with Crippen molar-refractivity contribution >= 4 is 17.8 Å². The van der Waals surface area contributed by atoms with Crippen molar-refractivity contribution in [1.29, 1.82) is 0 Å². The number of urea groups is 1. The van der Waals surface area contributed by atoms with Crippen molar-refractivity contribution in [1.82, 2.24) is 10.2 Å². The normalized spacial score (nSPS) is 27.2. The fourth-order valence-corrected chi connectivity index (χ4v) is 3.32. The van der Waals surface area contributed by atoms with Crippen molar-refractivity contribution in [3.05, 3.63) is 0 Å². The van der Waals surface area contributed by atoms with E-state index in [9.17, 15) is 14.4 Å². The van der Waals surface area contributed by atoms with Crippen LogP contribution in [-0.4, -0.2) is 29.3 Å². The van der Waals surface area contributed by atoms with E-state index in [0.717, 1.165) is 6.42 Å². The molecule has 1 heterocycles. The third-order valence-corrected chi connectivity index (χ3v) is 4.78. The van der Waals surface area contributed by atoms with Crippen molar-refractivity contribution in [3.8, 4) is 0 Å². The molecule has 3 fully saturated rings. The Balaban J connectivity index is 1.71. The smallest absolute Gasteiger partial charge is 0.277 e. The molecule has 0 aromatic heterocycles. The lowest BCUT2D eigenvalue weighted by molar-refractivity contribution is -0.143. The minimum Gasteiger partial charge on any atom is -0.277 e. The number of carbonyl (C=O) groups excluding carboxylic acids is 3. The van der Waals surface area contributed by atoms with Gasteiger partial charge in [0.15, 0.2) is 0 Å². The first-order valence-electron chi connectivity index (χ1n) is 7.78. The number of barbiturate groups is 1. The summed E-state index contributed by atoms with van der Waals surface area (Å²) in [5.41, 5.74) is 0. The molecule has 110 valence electrons. The second-order valence-corrected chi connectivity index (χ2v) is 6.42. The highest BCUT2D eigenvalue weighted by molar-refractivity contribution is 6.16. The Morgan fingerprint density at radius 1 is 1.15 bits per heavy atom. The third-order valence-electron chi connectivity index (χ3n) is 4.78. The van der Waals surface area contributed by atoms with Crippen LogP contribution in [-0.2, 0) is 9.59 Å². The van der Waals surface area contributed by atoms with E-state index in [0.29, 0.717) is 30.7 Å². The van der Waals surface area contributed by atoms with Gasteiger partial charge < -0.3 is 0 Å².